The van der Waals surface area contributed by atoms with Crippen molar-refractivity contribution in [1.29, 1.82) is 0 Å². The van der Waals surface area contributed by atoms with E-state index in [-0.39, 0.29) is 16.8 Å². The van der Waals surface area contributed by atoms with E-state index in [2.05, 4.69) is 20.4 Å². The number of pyridine rings is 2. The molecule has 0 saturated heterocycles. The number of sulfonamides is 1. The lowest BCUT2D eigenvalue weighted by Crippen LogP contribution is -2.35. The number of fused-ring (bicyclic) bond motifs is 1. The van der Waals surface area contributed by atoms with Crippen molar-refractivity contribution in [1.82, 2.24) is 25.1 Å². The lowest BCUT2D eigenvalue weighted by molar-refractivity contribution is 0.0932. The smallest absolute Gasteiger partial charge is 0.255 e. The van der Waals surface area contributed by atoms with E-state index >= 15 is 0 Å². The number of nitrogens with zero attached hydrogens (tertiary/aromatic N) is 4. The number of primary sulfonamides is 1. The molecule has 3 N–H and O–H groups in total. The Morgan fingerprint density at radius 1 is 1.06 bits per heavy atom. The van der Waals surface area contributed by atoms with Crippen molar-refractivity contribution >= 4 is 26.8 Å². The Kier molecular flexibility index (Phi) is 4.53. The highest BCUT2D eigenvalue weighted by Gasteiger charge is 2.46. The first-order valence-electron chi connectivity index (χ1n) is 9.66. The normalized spacial score (nSPS) is 14.9. The standard InChI is InChI=1S/C21H17FN6O3S/c22-14-2-4-15(5-3-14)28-18-12-24-10-17(16(18)11-26-28)20(29)27-21(7-8-21)13-1-6-19(25-9-13)32(23,30)31/h1-6,9-12H,7-8H2,(H,27,29)(H2,23,30,31). The van der Waals surface area contributed by atoms with E-state index in [4.69, 9.17) is 5.14 Å². The van der Waals surface area contributed by atoms with Gasteiger partial charge in [0, 0.05) is 17.8 Å². The van der Waals surface area contributed by atoms with Gasteiger partial charge in [0.2, 0.25) is 0 Å². The van der Waals surface area contributed by atoms with Gasteiger partial charge in [0.1, 0.15) is 5.82 Å². The van der Waals surface area contributed by atoms with E-state index in [9.17, 15) is 17.6 Å². The summed E-state index contributed by atoms with van der Waals surface area (Å²) < 4.78 is 37.7. The van der Waals surface area contributed by atoms with Crippen molar-refractivity contribution in [2.75, 3.05) is 0 Å². The van der Waals surface area contributed by atoms with Gasteiger partial charge in [-0.05, 0) is 48.7 Å². The number of aromatic nitrogens is 4. The van der Waals surface area contributed by atoms with Crippen molar-refractivity contribution in [3.05, 3.63) is 78.1 Å². The summed E-state index contributed by atoms with van der Waals surface area (Å²) in [7, 11) is -3.89. The van der Waals surface area contributed by atoms with Gasteiger partial charge < -0.3 is 5.32 Å². The second-order valence-corrected chi connectivity index (χ2v) is 9.13. The summed E-state index contributed by atoms with van der Waals surface area (Å²) in [5.41, 5.74) is 1.65. The number of amides is 1. The molecule has 1 aliphatic rings. The van der Waals surface area contributed by atoms with Crippen LogP contribution in [0.1, 0.15) is 28.8 Å². The lowest BCUT2D eigenvalue weighted by Gasteiger charge is -2.18. The van der Waals surface area contributed by atoms with Gasteiger partial charge in [0.25, 0.3) is 15.9 Å². The molecular formula is C21H17FN6O3S. The summed E-state index contributed by atoms with van der Waals surface area (Å²) in [6.45, 7) is 0. The van der Waals surface area contributed by atoms with Gasteiger partial charge in [0.15, 0.2) is 5.03 Å². The first kappa shape index (κ1) is 20.2. The van der Waals surface area contributed by atoms with E-state index in [1.54, 1.807) is 35.3 Å². The predicted molar refractivity (Wildman–Crippen MR) is 113 cm³/mol. The van der Waals surface area contributed by atoms with Crippen LogP contribution in [0, 0.1) is 5.82 Å². The molecule has 0 spiro atoms. The molecule has 11 heteroatoms. The van der Waals surface area contributed by atoms with Gasteiger partial charge in [-0.15, -0.1) is 0 Å². The maximum absolute atomic E-state index is 13.3. The maximum atomic E-state index is 13.3. The second kappa shape index (κ2) is 7.18. The van der Waals surface area contributed by atoms with Gasteiger partial charge >= 0.3 is 0 Å². The molecule has 0 radical (unpaired) electrons. The Balaban J connectivity index is 1.45. The average molecular weight is 452 g/mol. The molecular weight excluding hydrogens is 435 g/mol. The molecule has 4 aromatic rings. The molecule has 0 atom stereocenters. The number of carbonyl (C=O) groups is 1. The molecule has 1 aromatic carbocycles. The topological polar surface area (TPSA) is 133 Å². The quantitative estimate of drug-likeness (QED) is 0.476. The van der Waals surface area contributed by atoms with Crippen LogP contribution in [-0.2, 0) is 15.6 Å². The minimum atomic E-state index is -3.89. The number of benzene rings is 1. The Morgan fingerprint density at radius 3 is 2.44 bits per heavy atom. The van der Waals surface area contributed by atoms with Crippen LogP contribution in [0.2, 0.25) is 0 Å². The fourth-order valence-corrected chi connectivity index (χ4v) is 4.10. The zero-order chi connectivity index (χ0) is 22.5. The van der Waals surface area contributed by atoms with Crippen molar-refractivity contribution in [3.63, 3.8) is 0 Å². The Labute approximate surface area is 182 Å². The molecule has 3 heterocycles. The van der Waals surface area contributed by atoms with E-state index in [0.29, 0.717) is 40.6 Å². The van der Waals surface area contributed by atoms with Gasteiger partial charge in [-0.3, -0.25) is 9.78 Å². The van der Waals surface area contributed by atoms with Gasteiger partial charge in [-0.25, -0.2) is 27.6 Å². The number of nitrogens with one attached hydrogen (secondary N) is 1. The van der Waals surface area contributed by atoms with Crippen LogP contribution in [0.4, 0.5) is 4.39 Å². The highest BCUT2D eigenvalue weighted by atomic mass is 32.2. The number of hydrogen-bond acceptors (Lipinski definition) is 6. The summed E-state index contributed by atoms with van der Waals surface area (Å²) in [4.78, 5) is 21.2. The molecule has 5 rings (SSSR count). The molecule has 1 amide bonds. The third-order valence-corrected chi connectivity index (χ3v) is 6.32. The summed E-state index contributed by atoms with van der Waals surface area (Å²) in [5.74, 6) is -0.695. The number of hydrogen-bond donors (Lipinski definition) is 2. The first-order chi connectivity index (χ1) is 15.3. The van der Waals surface area contributed by atoms with Crippen LogP contribution < -0.4 is 10.5 Å². The maximum Gasteiger partial charge on any atom is 0.255 e. The summed E-state index contributed by atoms with van der Waals surface area (Å²) in [6, 6.07) is 8.77. The van der Waals surface area contributed by atoms with E-state index in [1.165, 1.54) is 30.6 Å². The zero-order valence-electron chi connectivity index (χ0n) is 16.6. The molecule has 32 heavy (non-hydrogen) atoms. The monoisotopic (exact) mass is 452 g/mol. The predicted octanol–water partition coefficient (Wildman–Crippen LogP) is 2.02. The molecule has 0 unspecified atom stereocenters. The molecule has 1 fully saturated rings. The van der Waals surface area contributed by atoms with Crippen LogP contribution >= 0.6 is 0 Å². The summed E-state index contributed by atoms with van der Waals surface area (Å²) >= 11 is 0. The Bertz CT molecular complexity index is 1450. The lowest BCUT2D eigenvalue weighted by atomic mass is 10.1. The second-order valence-electron chi connectivity index (χ2n) is 7.62. The van der Waals surface area contributed by atoms with Crippen LogP contribution in [0.15, 0.2) is 66.2 Å². The largest absolute Gasteiger partial charge is 0.342 e. The first-order valence-corrected chi connectivity index (χ1v) is 11.2. The number of rotatable bonds is 5. The summed E-state index contributed by atoms with van der Waals surface area (Å²) in [6.07, 6.45) is 7.41. The number of nitrogens with two attached hydrogens (primary N) is 1. The molecule has 1 aliphatic carbocycles. The molecule has 3 aromatic heterocycles. The van der Waals surface area contributed by atoms with Crippen molar-refractivity contribution in [3.8, 4) is 5.69 Å². The number of halogens is 1. The van der Waals surface area contributed by atoms with Gasteiger partial charge in [-0.1, -0.05) is 6.07 Å². The van der Waals surface area contributed by atoms with E-state index in [1.807, 2.05) is 0 Å². The fourth-order valence-electron chi connectivity index (χ4n) is 3.64. The minimum absolute atomic E-state index is 0.231. The van der Waals surface area contributed by atoms with E-state index in [0.717, 1.165) is 0 Å². The van der Waals surface area contributed by atoms with Crippen molar-refractivity contribution in [2.24, 2.45) is 5.14 Å². The van der Waals surface area contributed by atoms with Crippen LogP contribution in [-0.4, -0.2) is 34.1 Å². The van der Waals surface area contributed by atoms with Crippen LogP contribution in [0.5, 0.6) is 0 Å². The minimum Gasteiger partial charge on any atom is -0.342 e. The van der Waals surface area contributed by atoms with Crippen molar-refractivity contribution < 1.29 is 17.6 Å². The highest BCUT2D eigenvalue weighted by molar-refractivity contribution is 7.89. The molecule has 0 aliphatic heterocycles. The van der Waals surface area contributed by atoms with E-state index < -0.39 is 15.6 Å². The molecule has 9 nitrogen and oxygen atoms in total. The molecule has 1 saturated carbocycles. The highest BCUT2D eigenvalue weighted by Crippen LogP contribution is 2.45. The Morgan fingerprint density at radius 2 is 1.81 bits per heavy atom. The number of carbonyl (C=O) groups excluding carboxylic acids is 1. The third kappa shape index (κ3) is 3.51. The molecule has 0 bridgehead atoms. The average Bonchev–Trinajstić information content (AvgIpc) is 3.42. The molecule has 162 valence electrons. The van der Waals surface area contributed by atoms with Gasteiger partial charge in [-0.2, -0.15) is 5.10 Å². The third-order valence-electron chi connectivity index (χ3n) is 5.50. The van der Waals surface area contributed by atoms with Crippen LogP contribution in [0.3, 0.4) is 0 Å². The van der Waals surface area contributed by atoms with Gasteiger partial charge in [0.05, 0.1) is 34.7 Å². The van der Waals surface area contributed by atoms with Crippen LogP contribution in [0.25, 0.3) is 16.6 Å². The van der Waals surface area contributed by atoms with Crippen molar-refractivity contribution in [2.45, 2.75) is 23.4 Å². The summed E-state index contributed by atoms with van der Waals surface area (Å²) in [5, 5.41) is 12.8. The fraction of sp³-hybridized carbons (Fsp3) is 0.143. The SMILES string of the molecule is NS(=O)(=O)c1ccc(C2(NC(=O)c3cncc4c3cnn4-c3ccc(F)cc3)CC2)cn1. The zero-order valence-corrected chi connectivity index (χ0v) is 17.4. The Hall–Kier alpha value is -3.70.